The lowest BCUT2D eigenvalue weighted by molar-refractivity contribution is -0.214. The van der Waals surface area contributed by atoms with Crippen molar-refractivity contribution in [1.82, 2.24) is 0 Å². The minimum Gasteiger partial charge on any atom is -0.428 e. The SMILES string of the molecule is CC(C)C1CC2OCC[OH+]C2C1. The van der Waals surface area contributed by atoms with Gasteiger partial charge in [-0.1, -0.05) is 13.8 Å². The fourth-order valence-electron chi connectivity index (χ4n) is 2.35. The van der Waals surface area contributed by atoms with Gasteiger partial charge in [0.1, 0.15) is 12.7 Å². The lowest BCUT2D eigenvalue weighted by atomic mass is 9.94. The van der Waals surface area contributed by atoms with Gasteiger partial charge in [-0.15, -0.1) is 0 Å². The van der Waals surface area contributed by atoms with Gasteiger partial charge in [-0.2, -0.15) is 0 Å². The summed E-state index contributed by atoms with van der Waals surface area (Å²) in [6.45, 7) is 6.39. The monoisotopic (exact) mass is 171 g/mol. The molecule has 1 N–H and O–H groups in total. The van der Waals surface area contributed by atoms with Crippen molar-refractivity contribution in [1.29, 1.82) is 0 Å². The third-order valence-corrected chi connectivity index (χ3v) is 3.24. The summed E-state index contributed by atoms with van der Waals surface area (Å²) in [5.41, 5.74) is 0. The van der Waals surface area contributed by atoms with Crippen LogP contribution in [0.4, 0.5) is 0 Å². The Morgan fingerprint density at radius 3 is 2.83 bits per heavy atom. The zero-order valence-corrected chi connectivity index (χ0v) is 7.99. The number of hydrogen-bond donors (Lipinski definition) is 0. The maximum atomic E-state index is 5.69. The molecule has 1 aliphatic heterocycles. The summed E-state index contributed by atoms with van der Waals surface area (Å²) in [6.07, 6.45) is 3.51. The largest absolute Gasteiger partial charge is 0.428 e. The van der Waals surface area contributed by atoms with Gasteiger partial charge in [0, 0.05) is 6.42 Å². The van der Waals surface area contributed by atoms with E-state index in [1.54, 1.807) is 0 Å². The molecule has 2 nitrogen and oxygen atoms in total. The maximum absolute atomic E-state index is 5.69. The summed E-state index contributed by atoms with van der Waals surface area (Å²) < 4.78 is 10.3. The molecule has 70 valence electrons. The van der Waals surface area contributed by atoms with Crippen molar-refractivity contribution in [2.24, 2.45) is 11.8 Å². The van der Waals surface area contributed by atoms with Gasteiger partial charge in [0.2, 0.25) is 0 Å². The molecule has 2 heteroatoms. The van der Waals surface area contributed by atoms with Crippen LogP contribution in [0.2, 0.25) is 0 Å². The van der Waals surface area contributed by atoms with Crippen LogP contribution in [0.1, 0.15) is 26.7 Å². The Kier molecular flexibility index (Phi) is 2.37. The van der Waals surface area contributed by atoms with Gasteiger partial charge in [-0.05, 0) is 18.3 Å². The molecule has 1 saturated carbocycles. The van der Waals surface area contributed by atoms with E-state index in [0.29, 0.717) is 12.2 Å². The highest BCUT2D eigenvalue weighted by Gasteiger charge is 2.42. The Bertz CT molecular complexity index is 142. The zero-order chi connectivity index (χ0) is 8.55. The predicted molar refractivity (Wildman–Crippen MR) is 48.2 cm³/mol. The minimum atomic E-state index is 0.464. The molecule has 2 rings (SSSR count). The van der Waals surface area contributed by atoms with E-state index in [1.165, 1.54) is 12.8 Å². The highest BCUT2D eigenvalue weighted by molar-refractivity contribution is 4.87. The van der Waals surface area contributed by atoms with E-state index in [0.717, 1.165) is 25.0 Å². The van der Waals surface area contributed by atoms with Crippen LogP contribution in [-0.2, 0) is 4.74 Å². The Balaban J connectivity index is 1.94. The molecule has 2 aliphatic rings. The average Bonchev–Trinajstić information content (AvgIpc) is 2.46. The molecule has 0 aromatic carbocycles. The Morgan fingerprint density at radius 1 is 1.33 bits per heavy atom. The molecule has 12 heavy (non-hydrogen) atoms. The van der Waals surface area contributed by atoms with Crippen molar-refractivity contribution in [3.05, 3.63) is 0 Å². The Morgan fingerprint density at radius 2 is 2.17 bits per heavy atom. The number of aliphatic hydroxyl groups is 2. The van der Waals surface area contributed by atoms with Gasteiger partial charge in [-0.25, -0.2) is 0 Å². The van der Waals surface area contributed by atoms with Crippen LogP contribution >= 0.6 is 0 Å². The van der Waals surface area contributed by atoms with Crippen LogP contribution in [0.25, 0.3) is 0 Å². The predicted octanol–water partition coefficient (Wildman–Crippen LogP) is 1.35. The van der Waals surface area contributed by atoms with Crippen LogP contribution in [-0.4, -0.2) is 30.2 Å². The topological polar surface area (TPSA) is 22.0 Å². The lowest BCUT2D eigenvalue weighted by Crippen LogP contribution is -2.36. The van der Waals surface area contributed by atoms with Crippen LogP contribution in [0.3, 0.4) is 0 Å². The number of ether oxygens (including phenoxy) is 2. The Labute approximate surface area is 74.2 Å². The van der Waals surface area contributed by atoms with Crippen molar-refractivity contribution in [2.75, 3.05) is 13.2 Å². The van der Waals surface area contributed by atoms with Gasteiger partial charge in [0.25, 0.3) is 0 Å². The normalized spacial score (nSPS) is 41.8. The van der Waals surface area contributed by atoms with Gasteiger partial charge in [-0.3, -0.25) is 0 Å². The summed E-state index contributed by atoms with van der Waals surface area (Å²) in [4.78, 5) is 0. The second-order valence-electron chi connectivity index (χ2n) is 4.36. The first-order chi connectivity index (χ1) is 5.77. The minimum absolute atomic E-state index is 0.464. The maximum Gasteiger partial charge on any atom is 0.181 e. The first kappa shape index (κ1) is 8.52. The molecule has 3 atom stereocenters. The van der Waals surface area contributed by atoms with Crippen molar-refractivity contribution >= 4 is 0 Å². The van der Waals surface area contributed by atoms with Gasteiger partial charge in [0.15, 0.2) is 12.7 Å². The van der Waals surface area contributed by atoms with Gasteiger partial charge in [0.05, 0.1) is 0 Å². The molecule has 1 heterocycles. The first-order valence-electron chi connectivity index (χ1n) is 5.05. The summed E-state index contributed by atoms with van der Waals surface area (Å²) >= 11 is 0. The molecule has 0 bridgehead atoms. The molecule has 0 aromatic rings. The van der Waals surface area contributed by atoms with Crippen molar-refractivity contribution in [2.45, 2.75) is 38.9 Å². The van der Waals surface area contributed by atoms with Crippen LogP contribution in [0.5, 0.6) is 0 Å². The smallest absolute Gasteiger partial charge is 0.181 e. The summed E-state index contributed by atoms with van der Waals surface area (Å²) in [7, 11) is 0. The van der Waals surface area contributed by atoms with E-state index >= 15 is 0 Å². The third kappa shape index (κ3) is 1.50. The molecular formula is C10H19O2+. The summed E-state index contributed by atoms with van der Waals surface area (Å²) in [5.74, 6) is 1.65. The van der Waals surface area contributed by atoms with E-state index in [9.17, 15) is 0 Å². The molecule has 0 spiro atoms. The standard InChI is InChI=1S/C10H18O2/c1-7(2)8-5-9-10(6-8)12-4-3-11-9/h7-10H,3-6H2,1-2H3/p+1. The van der Waals surface area contributed by atoms with Gasteiger partial charge < -0.3 is 9.47 Å². The van der Waals surface area contributed by atoms with Crippen LogP contribution in [0.15, 0.2) is 0 Å². The first-order valence-corrected chi connectivity index (χ1v) is 5.05. The highest BCUT2D eigenvalue weighted by Crippen LogP contribution is 2.35. The molecule has 0 radical (unpaired) electrons. The van der Waals surface area contributed by atoms with E-state index in [1.807, 2.05) is 0 Å². The zero-order valence-electron chi connectivity index (χ0n) is 7.99. The second-order valence-corrected chi connectivity index (χ2v) is 4.36. The van der Waals surface area contributed by atoms with Crippen LogP contribution < -0.4 is 0 Å². The Hall–Kier alpha value is -0.0800. The van der Waals surface area contributed by atoms with E-state index in [-0.39, 0.29) is 0 Å². The second kappa shape index (κ2) is 3.35. The molecule has 0 aromatic heterocycles. The fourth-order valence-corrected chi connectivity index (χ4v) is 2.35. The highest BCUT2D eigenvalue weighted by atomic mass is 16.6. The number of rotatable bonds is 1. The molecule has 3 unspecified atom stereocenters. The lowest BCUT2D eigenvalue weighted by Gasteiger charge is -2.22. The molecule has 1 aliphatic carbocycles. The molecule has 2 fully saturated rings. The van der Waals surface area contributed by atoms with Crippen molar-refractivity contribution < 1.29 is 9.47 Å². The fraction of sp³-hybridized carbons (Fsp3) is 1.00. The van der Waals surface area contributed by atoms with Crippen molar-refractivity contribution in [3.8, 4) is 0 Å². The van der Waals surface area contributed by atoms with E-state index in [2.05, 4.69) is 18.6 Å². The molecular weight excluding hydrogens is 152 g/mol. The number of hydrogen-bond acceptors (Lipinski definition) is 1. The number of fused-ring (bicyclic) bond motifs is 1. The summed E-state index contributed by atoms with van der Waals surface area (Å²) in [6, 6.07) is 0. The van der Waals surface area contributed by atoms with Gasteiger partial charge >= 0.3 is 0 Å². The molecule has 0 amide bonds. The summed E-state index contributed by atoms with van der Waals surface area (Å²) in [5, 5.41) is 0. The van der Waals surface area contributed by atoms with E-state index < -0.39 is 0 Å². The molecule has 1 saturated heterocycles. The quantitative estimate of drug-likeness (QED) is 0.546. The van der Waals surface area contributed by atoms with Crippen LogP contribution in [0, 0.1) is 11.8 Å². The van der Waals surface area contributed by atoms with Crippen molar-refractivity contribution in [3.63, 3.8) is 0 Å². The average molecular weight is 171 g/mol. The third-order valence-electron chi connectivity index (χ3n) is 3.24. The van der Waals surface area contributed by atoms with E-state index in [4.69, 9.17) is 4.74 Å².